The molecule has 1 atom stereocenters. The quantitative estimate of drug-likeness (QED) is 0.783. The molecule has 0 aliphatic rings. The van der Waals surface area contributed by atoms with Crippen LogP contribution in [0.1, 0.15) is 25.3 Å². The van der Waals surface area contributed by atoms with Gasteiger partial charge in [-0.3, -0.25) is 0 Å². The Hall–Kier alpha value is -1.16. The van der Waals surface area contributed by atoms with Gasteiger partial charge in [-0.2, -0.15) is 0 Å². The molecule has 14 heavy (non-hydrogen) atoms. The second kappa shape index (κ2) is 4.91. The summed E-state index contributed by atoms with van der Waals surface area (Å²) in [6.45, 7) is 4.84. The summed E-state index contributed by atoms with van der Waals surface area (Å²) in [5.74, 6) is 1.34. The van der Waals surface area contributed by atoms with Crippen molar-refractivity contribution in [1.29, 1.82) is 0 Å². The monoisotopic (exact) mass is 195 g/mol. The van der Waals surface area contributed by atoms with Crippen LogP contribution in [0.5, 0.6) is 5.88 Å². The second-order valence-electron chi connectivity index (χ2n) is 3.57. The fraction of sp³-hybridized carbons (Fsp3) is 0.600. The van der Waals surface area contributed by atoms with Crippen LogP contribution in [0.15, 0.2) is 12.5 Å². The molecule has 0 amide bonds. The van der Waals surface area contributed by atoms with Crippen molar-refractivity contribution in [3.63, 3.8) is 0 Å². The van der Waals surface area contributed by atoms with E-state index in [1.54, 1.807) is 13.3 Å². The van der Waals surface area contributed by atoms with Crippen molar-refractivity contribution >= 4 is 0 Å². The molecule has 1 rings (SSSR count). The normalized spacial score (nSPS) is 12.9. The fourth-order valence-electron chi connectivity index (χ4n) is 1.51. The van der Waals surface area contributed by atoms with Crippen molar-refractivity contribution in [3.05, 3.63) is 18.1 Å². The molecule has 0 saturated heterocycles. The number of nitrogens with two attached hydrogens (primary N) is 1. The molecule has 0 aliphatic heterocycles. The molecule has 0 radical (unpaired) electrons. The molecular weight excluding hydrogens is 178 g/mol. The molecule has 78 valence electrons. The Labute approximate surface area is 84.5 Å². The first-order valence-corrected chi connectivity index (χ1v) is 4.74. The zero-order chi connectivity index (χ0) is 10.6. The molecule has 2 N–H and O–H groups in total. The third kappa shape index (κ3) is 2.20. The van der Waals surface area contributed by atoms with Gasteiger partial charge in [0.2, 0.25) is 5.88 Å². The van der Waals surface area contributed by atoms with Gasteiger partial charge < -0.3 is 10.5 Å². The van der Waals surface area contributed by atoms with E-state index < -0.39 is 0 Å². The summed E-state index contributed by atoms with van der Waals surface area (Å²) in [6.07, 6.45) is 3.26. The first-order chi connectivity index (χ1) is 6.70. The molecule has 0 bridgehead atoms. The van der Waals surface area contributed by atoms with Gasteiger partial charge in [0.1, 0.15) is 6.33 Å². The van der Waals surface area contributed by atoms with E-state index in [1.165, 1.54) is 6.33 Å². The average molecular weight is 195 g/mol. The van der Waals surface area contributed by atoms with Crippen molar-refractivity contribution in [2.24, 2.45) is 11.7 Å². The van der Waals surface area contributed by atoms with Crippen molar-refractivity contribution in [2.45, 2.75) is 19.8 Å². The number of hydrogen-bond acceptors (Lipinski definition) is 4. The van der Waals surface area contributed by atoms with Crippen molar-refractivity contribution in [1.82, 2.24) is 9.97 Å². The van der Waals surface area contributed by atoms with Crippen LogP contribution in [0.25, 0.3) is 0 Å². The Morgan fingerprint density at radius 3 is 2.71 bits per heavy atom. The second-order valence-corrected chi connectivity index (χ2v) is 3.57. The highest BCUT2D eigenvalue weighted by molar-refractivity contribution is 5.27. The van der Waals surface area contributed by atoms with E-state index in [0.717, 1.165) is 5.56 Å². The summed E-state index contributed by atoms with van der Waals surface area (Å²) in [6, 6.07) is 0. The van der Waals surface area contributed by atoms with Crippen molar-refractivity contribution in [2.75, 3.05) is 13.7 Å². The molecule has 0 fully saturated rings. The average Bonchev–Trinajstić information content (AvgIpc) is 2.19. The van der Waals surface area contributed by atoms with Crippen LogP contribution in [-0.4, -0.2) is 23.6 Å². The lowest BCUT2D eigenvalue weighted by atomic mass is 9.90. The molecule has 0 spiro atoms. The van der Waals surface area contributed by atoms with Gasteiger partial charge in [0.25, 0.3) is 0 Å². The third-order valence-electron chi connectivity index (χ3n) is 2.35. The van der Waals surface area contributed by atoms with Gasteiger partial charge in [0.05, 0.1) is 7.11 Å². The van der Waals surface area contributed by atoms with E-state index in [0.29, 0.717) is 18.3 Å². The Balaban J connectivity index is 3.02. The van der Waals surface area contributed by atoms with Gasteiger partial charge in [0.15, 0.2) is 0 Å². The molecule has 4 nitrogen and oxygen atoms in total. The summed E-state index contributed by atoms with van der Waals surface area (Å²) < 4.78 is 5.17. The van der Waals surface area contributed by atoms with Crippen LogP contribution in [0, 0.1) is 5.92 Å². The van der Waals surface area contributed by atoms with Gasteiger partial charge in [0, 0.05) is 17.7 Å². The first kappa shape index (κ1) is 10.9. The highest BCUT2D eigenvalue weighted by Gasteiger charge is 2.18. The highest BCUT2D eigenvalue weighted by Crippen LogP contribution is 2.28. The van der Waals surface area contributed by atoms with E-state index in [1.807, 2.05) is 0 Å². The van der Waals surface area contributed by atoms with Gasteiger partial charge >= 0.3 is 0 Å². The summed E-state index contributed by atoms with van der Waals surface area (Å²) in [4.78, 5) is 8.06. The molecule has 4 heteroatoms. The fourth-order valence-corrected chi connectivity index (χ4v) is 1.51. The molecule has 0 saturated carbocycles. The minimum Gasteiger partial charge on any atom is -0.481 e. The van der Waals surface area contributed by atoms with Crippen LogP contribution in [0.3, 0.4) is 0 Å². The van der Waals surface area contributed by atoms with Gasteiger partial charge in [-0.25, -0.2) is 9.97 Å². The predicted molar refractivity (Wildman–Crippen MR) is 55.2 cm³/mol. The molecule has 1 aromatic heterocycles. The number of rotatable bonds is 4. The minimum absolute atomic E-state index is 0.256. The molecule has 1 heterocycles. The van der Waals surface area contributed by atoms with Crippen LogP contribution in [0.4, 0.5) is 0 Å². The zero-order valence-electron chi connectivity index (χ0n) is 8.90. The standard InChI is InChI=1S/C10H17N3O/c1-7(2)8(4-11)9-5-12-6-13-10(9)14-3/h5-8H,4,11H2,1-3H3. The minimum atomic E-state index is 0.256. The Morgan fingerprint density at radius 1 is 1.50 bits per heavy atom. The summed E-state index contributed by atoms with van der Waals surface area (Å²) in [5, 5.41) is 0. The third-order valence-corrected chi connectivity index (χ3v) is 2.35. The van der Waals surface area contributed by atoms with E-state index in [-0.39, 0.29) is 5.92 Å². The van der Waals surface area contributed by atoms with Crippen LogP contribution < -0.4 is 10.5 Å². The number of ether oxygens (including phenoxy) is 1. The summed E-state index contributed by atoms with van der Waals surface area (Å²) in [7, 11) is 1.61. The van der Waals surface area contributed by atoms with Crippen molar-refractivity contribution < 1.29 is 4.74 Å². The van der Waals surface area contributed by atoms with E-state index >= 15 is 0 Å². The highest BCUT2D eigenvalue weighted by atomic mass is 16.5. The van der Waals surface area contributed by atoms with Crippen LogP contribution >= 0.6 is 0 Å². The summed E-state index contributed by atoms with van der Waals surface area (Å²) >= 11 is 0. The number of aromatic nitrogens is 2. The van der Waals surface area contributed by atoms with E-state index in [9.17, 15) is 0 Å². The maximum Gasteiger partial charge on any atom is 0.219 e. The molecule has 0 aromatic carbocycles. The van der Waals surface area contributed by atoms with Crippen molar-refractivity contribution in [3.8, 4) is 5.88 Å². The molecule has 1 unspecified atom stereocenters. The molecule has 1 aromatic rings. The maximum atomic E-state index is 5.72. The Bertz CT molecular complexity index is 288. The predicted octanol–water partition coefficient (Wildman–Crippen LogP) is 1.18. The first-order valence-electron chi connectivity index (χ1n) is 4.74. The van der Waals surface area contributed by atoms with E-state index in [4.69, 9.17) is 10.5 Å². The zero-order valence-corrected chi connectivity index (χ0v) is 8.90. The topological polar surface area (TPSA) is 61.0 Å². The van der Waals surface area contributed by atoms with E-state index in [2.05, 4.69) is 23.8 Å². The molecule has 0 aliphatic carbocycles. The Morgan fingerprint density at radius 2 is 2.21 bits per heavy atom. The SMILES string of the molecule is COc1ncncc1C(CN)C(C)C. The number of hydrogen-bond donors (Lipinski definition) is 1. The lowest BCUT2D eigenvalue weighted by Crippen LogP contribution is -2.19. The van der Waals surface area contributed by atoms with Gasteiger partial charge in [-0.1, -0.05) is 13.8 Å². The van der Waals surface area contributed by atoms with Gasteiger partial charge in [-0.15, -0.1) is 0 Å². The number of nitrogens with zero attached hydrogens (tertiary/aromatic N) is 2. The maximum absolute atomic E-state index is 5.72. The van der Waals surface area contributed by atoms with Crippen LogP contribution in [0.2, 0.25) is 0 Å². The lowest BCUT2D eigenvalue weighted by Gasteiger charge is -2.20. The largest absolute Gasteiger partial charge is 0.481 e. The lowest BCUT2D eigenvalue weighted by molar-refractivity contribution is 0.378. The Kier molecular flexibility index (Phi) is 3.83. The molecular formula is C10H17N3O. The summed E-state index contributed by atoms with van der Waals surface area (Å²) in [5.41, 5.74) is 6.71. The van der Waals surface area contributed by atoms with Gasteiger partial charge in [-0.05, 0) is 12.5 Å². The number of methoxy groups -OCH3 is 1. The van der Waals surface area contributed by atoms with Crippen LogP contribution in [-0.2, 0) is 0 Å². The smallest absolute Gasteiger partial charge is 0.219 e.